The summed E-state index contributed by atoms with van der Waals surface area (Å²) in [6.07, 6.45) is 2.83. The first-order valence-corrected chi connectivity index (χ1v) is 8.41. The van der Waals surface area contributed by atoms with E-state index in [4.69, 9.17) is 4.84 Å². The molecule has 1 aromatic rings. The lowest BCUT2D eigenvalue weighted by Gasteiger charge is -2.34. The Morgan fingerprint density at radius 2 is 2.14 bits per heavy atom. The number of fused-ring (bicyclic) bond motifs is 1. The van der Waals surface area contributed by atoms with Crippen molar-refractivity contribution in [1.29, 1.82) is 0 Å². The maximum atomic E-state index is 12.4. The normalized spacial score (nSPS) is 17.0. The molecule has 5 heteroatoms. The molecule has 1 atom stereocenters. The minimum Gasteiger partial charge on any atom is -0.376 e. The van der Waals surface area contributed by atoms with Crippen LogP contribution in [-0.4, -0.2) is 18.1 Å². The number of anilines is 1. The Hall–Kier alpha value is -1.33. The van der Waals surface area contributed by atoms with Gasteiger partial charge in [-0.1, -0.05) is 35.0 Å². The van der Waals surface area contributed by atoms with Crippen molar-refractivity contribution in [2.75, 3.05) is 11.9 Å². The molecule has 0 saturated carbocycles. The summed E-state index contributed by atoms with van der Waals surface area (Å²) in [5, 5.41) is 3.49. The van der Waals surface area contributed by atoms with Gasteiger partial charge in [-0.25, -0.2) is 4.79 Å². The number of carbonyl (C=O) groups excluding carboxylic acids is 1. The van der Waals surface area contributed by atoms with E-state index in [1.54, 1.807) is 0 Å². The average molecular weight is 367 g/mol. The molecule has 2 rings (SSSR count). The first kappa shape index (κ1) is 17.0. The van der Waals surface area contributed by atoms with Crippen LogP contribution in [0.1, 0.15) is 39.7 Å². The number of nitrogens with one attached hydrogen (secondary N) is 2. The summed E-state index contributed by atoms with van der Waals surface area (Å²) in [5.41, 5.74) is 5.56. The second-order valence-electron chi connectivity index (χ2n) is 6.02. The van der Waals surface area contributed by atoms with E-state index in [1.807, 2.05) is 32.0 Å². The summed E-state index contributed by atoms with van der Waals surface area (Å²) in [5.74, 6) is -0.512. The molecule has 4 nitrogen and oxygen atoms in total. The summed E-state index contributed by atoms with van der Waals surface area (Å²) in [6, 6.07) is 6.08. The molecule has 2 N–H and O–H groups in total. The van der Waals surface area contributed by atoms with E-state index in [0.717, 1.165) is 21.3 Å². The highest BCUT2D eigenvalue weighted by Crippen LogP contribution is 2.40. The molecule has 1 heterocycles. The number of rotatable bonds is 5. The van der Waals surface area contributed by atoms with Crippen molar-refractivity contribution in [3.05, 3.63) is 34.3 Å². The van der Waals surface area contributed by atoms with Gasteiger partial charge in [0.15, 0.2) is 0 Å². The lowest BCUT2D eigenvalue weighted by Crippen LogP contribution is -2.34. The molecule has 0 fully saturated rings. The molecule has 0 spiro atoms. The minimum absolute atomic E-state index is 0.213. The van der Waals surface area contributed by atoms with Crippen LogP contribution in [0.25, 0.3) is 5.57 Å². The molecule has 0 radical (unpaired) electrons. The third kappa shape index (κ3) is 3.70. The van der Waals surface area contributed by atoms with Gasteiger partial charge >= 0.3 is 5.97 Å². The van der Waals surface area contributed by atoms with E-state index in [-0.39, 0.29) is 17.4 Å². The van der Waals surface area contributed by atoms with Crippen LogP contribution in [-0.2, 0) is 9.63 Å². The highest BCUT2D eigenvalue weighted by Gasteiger charge is 2.32. The van der Waals surface area contributed by atoms with E-state index in [2.05, 4.69) is 46.7 Å². The third-order valence-corrected chi connectivity index (χ3v) is 4.14. The summed E-state index contributed by atoms with van der Waals surface area (Å²) in [4.78, 5) is 17.5. The number of hydroxylamine groups is 1. The Bertz CT molecular complexity index is 596. The van der Waals surface area contributed by atoms with Gasteiger partial charge in [0.25, 0.3) is 0 Å². The van der Waals surface area contributed by atoms with Crippen LogP contribution in [0.5, 0.6) is 0 Å². The van der Waals surface area contributed by atoms with Gasteiger partial charge in [-0.3, -0.25) is 0 Å². The lowest BCUT2D eigenvalue weighted by atomic mass is 9.82. The first-order chi connectivity index (χ1) is 10.4. The van der Waals surface area contributed by atoms with Gasteiger partial charge in [0.2, 0.25) is 0 Å². The van der Waals surface area contributed by atoms with E-state index < -0.39 is 0 Å². The van der Waals surface area contributed by atoms with Crippen LogP contribution in [0.3, 0.4) is 0 Å². The van der Waals surface area contributed by atoms with Gasteiger partial charge in [0, 0.05) is 22.3 Å². The average Bonchev–Trinajstić information content (AvgIpc) is 2.44. The van der Waals surface area contributed by atoms with Gasteiger partial charge in [-0.2, -0.15) is 5.48 Å². The quantitative estimate of drug-likeness (QED) is 0.769. The van der Waals surface area contributed by atoms with Crippen LogP contribution in [0.15, 0.2) is 28.7 Å². The Morgan fingerprint density at radius 3 is 2.77 bits per heavy atom. The number of hydrogen-bond donors (Lipinski definition) is 2. The zero-order valence-corrected chi connectivity index (χ0v) is 15.1. The van der Waals surface area contributed by atoms with Crippen molar-refractivity contribution in [2.24, 2.45) is 5.92 Å². The van der Waals surface area contributed by atoms with Gasteiger partial charge in [0.1, 0.15) is 0 Å². The number of carbonyl (C=O) groups is 1. The molecule has 0 aliphatic carbocycles. The maximum absolute atomic E-state index is 12.4. The molecular weight excluding hydrogens is 344 g/mol. The Kier molecular flexibility index (Phi) is 5.29. The van der Waals surface area contributed by atoms with Crippen molar-refractivity contribution in [1.82, 2.24) is 5.48 Å². The van der Waals surface area contributed by atoms with E-state index in [0.29, 0.717) is 13.0 Å². The highest BCUT2D eigenvalue weighted by atomic mass is 79.9. The third-order valence-electron chi connectivity index (χ3n) is 3.65. The van der Waals surface area contributed by atoms with Gasteiger partial charge in [0.05, 0.1) is 11.5 Å². The van der Waals surface area contributed by atoms with E-state index in [1.165, 1.54) is 0 Å². The SMILES string of the molecule is CCNOC(=O)C(CC)C1=CC(C)(C)Nc2cc(Br)ccc21. The monoisotopic (exact) mass is 366 g/mol. The maximum Gasteiger partial charge on any atom is 0.332 e. The van der Waals surface area contributed by atoms with Gasteiger partial charge in [-0.15, -0.1) is 0 Å². The van der Waals surface area contributed by atoms with Crippen LogP contribution in [0, 0.1) is 5.92 Å². The van der Waals surface area contributed by atoms with Crippen molar-refractivity contribution in [3.63, 3.8) is 0 Å². The largest absolute Gasteiger partial charge is 0.376 e. The number of benzene rings is 1. The van der Waals surface area contributed by atoms with Crippen molar-refractivity contribution < 1.29 is 9.63 Å². The molecule has 0 amide bonds. The molecule has 1 aromatic carbocycles. The number of halogens is 1. The van der Waals surface area contributed by atoms with Crippen LogP contribution in [0.2, 0.25) is 0 Å². The standard InChI is InChI=1S/C17H23BrN2O2/c1-5-12(16(21)22-19-6-2)14-10-17(3,4)20-15-9-11(18)7-8-13(14)15/h7-10,12,19-20H,5-6H2,1-4H3. The predicted octanol–water partition coefficient (Wildman–Crippen LogP) is 4.13. The molecular formula is C17H23BrN2O2. The van der Waals surface area contributed by atoms with Crippen LogP contribution >= 0.6 is 15.9 Å². The second-order valence-corrected chi connectivity index (χ2v) is 6.93. The van der Waals surface area contributed by atoms with Crippen LogP contribution in [0.4, 0.5) is 5.69 Å². The van der Waals surface area contributed by atoms with Crippen molar-refractivity contribution in [3.8, 4) is 0 Å². The summed E-state index contributed by atoms with van der Waals surface area (Å²) in [7, 11) is 0. The second kappa shape index (κ2) is 6.84. The zero-order valence-electron chi connectivity index (χ0n) is 13.5. The Morgan fingerprint density at radius 1 is 1.41 bits per heavy atom. The molecule has 0 aromatic heterocycles. The summed E-state index contributed by atoms with van der Waals surface area (Å²) < 4.78 is 1.01. The molecule has 1 unspecified atom stereocenters. The van der Waals surface area contributed by atoms with Crippen molar-refractivity contribution in [2.45, 2.75) is 39.7 Å². The predicted molar refractivity (Wildman–Crippen MR) is 93.4 cm³/mol. The fourth-order valence-electron chi connectivity index (χ4n) is 2.74. The summed E-state index contributed by atoms with van der Waals surface area (Å²) in [6.45, 7) is 8.69. The fourth-order valence-corrected chi connectivity index (χ4v) is 3.10. The highest BCUT2D eigenvalue weighted by molar-refractivity contribution is 9.10. The van der Waals surface area contributed by atoms with Crippen LogP contribution < -0.4 is 10.8 Å². The zero-order chi connectivity index (χ0) is 16.3. The molecule has 0 saturated heterocycles. The van der Waals surface area contributed by atoms with E-state index >= 15 is 0 Å². The van der Waals surface area contributed by atoms with E-state index in [9.17, 15) is 4.79 Å². The Labute approximate surface area is 140 Å². The molecule has 1 aliphatic heterocycles. The first-order valence-electron chi connectivity index (χ1n) is 7.62. The molecule has 1 aliphatic rings. The number of hydrogen-bond acceptors (Lipinski definition) is 4. The lowest BCUT2D eigenvalue weighted by molar-refractivity contribution is -0.153. The molecule has 22 heavy (non-hydrogen) atoms. The van der Waals surface area contributed by atoms with Gasteiger partial charge in [-0.05, 0) is 44.9 Å². The fraction of sp³-hybridized carbons (Fsp3) is 0.471. The molecule has 120 valence electrons. The van der Waals surface area contributed by atoms with Crippen molar-refractivity contribution >= 4 is 33.2 Å². The molecule has 0 bridgehead atoms. The smallest absolute Gasteiger partial charge is 0.332 e. The topological polar surface area (TPSA) is 50.4 Å². The summed E-state index contributed by atoms with van der Waals surface area (Å²) >= 11 is 3.50. The van der Waals surface area contributed by atoms with Gasteiger partial charge < -0.3 is 10.2 Å². The minimum atomic E-state index is -0.277. The Balaban J connectivity index is 2.42.